The second-order valence-corrected chi connectivity index (χ2v) is 28.1. The van der Waals surface area contributed by atoms with Crippen LogP contribution in [-0.4, -0.2) is 96.7 Å². The van der Waals surface area contributed by atoms with E-state index in [9.17, 15) is 43.2 Å². The summed E-state index contributed by atoms with van der Waals surface area (Å²) in [5.74, 6) is -2.37. The van der Waals surface area contributed by atoms with Crippen LogP contribution in [0.2, 0.25) is 0 Å². The summed E-state index contributed by atoms with van der Waals surface area (Å²) in [6.45, 7) is 4.41. The summed E-state index contributed by atoms with van der Waals surface area (Å²) in [6.07, 6.45) is 85.5. The van der Waals surface area contributed by atoms with Crippen LogP contribution in [0.15, 0.2) is 158 Å². The van der Waals surface area contributed by atoms with Crippen molar-refractivity contribution in [3.63, 3.8) is 0 Å². The van der Waals surface area contributed by atoms with Crippen molar-refractivity contribution in [2.45, 2.75) is 303 Å². The van der Waals surface area contributed by atoms with Gasteiger partial charge >= 0.3 is 39.5 Å². The van der Waals surface area contributed by atoms with Crippen LogP contribution in [0.5, 0.6) is 0 Å². The van der Waals surface area contributed by atoms with E-state index in [0.717, 1.165) is 141 Å². The molecule has 0 amide bonds. The third kappa shape index (κ3) is 73.0. The van der Waals surface area contributed by atoms with Crippen molar-refractivity contribution >= 4 is 39.5 Å². The molecule has 0 aromatic carbocycles. The van der Waals surface area contributed by atoms with Crippen molar-refractivity contribution in [2.24, 2.45) is 0 Å². The highest BCUT2D eigenvalue weighted by Gasteiger charge is 2.30. The highest BCUT2D eigenvalue weighted by Crippen LogP contribution is 2.45. The maximum Gasteiger partial charge on any atom is 0.472 e. The molecule has 0 aromatic rings. The van der Waals surface area contributed by atoms with E-state index in [-0.39, 0.29) is 25.7 Å². The van der Waals surface area contributed by atoms with Crippen LogP contribution in [0.3, 0.4) is 0 Å². The maximum absolute atomic E-state index is 13.1. The Bertz CT molecular complexity index is 2550. The van der Waals surface area contributed by atoms with Crippen LogP contribution in [0.4, 0.5) is 0 Å². The average Bonchev–Trinajstić information content (AvgIpc) is 0.939. The zero-order valence-electron chi connectivity index (χ0n) is 63.2. The molecule has 0 aliphatic heterocycles. The van der Waals surface area contributed by atoms with Gasteiger partial charge in [0.2, 0.25) is 0 Å². The molecular weight excluding hydrogens is 1330 g/mol. The van der Waals surface area contributed by atoms with Gasteiger partial charge in [-0.3, -0.25) is 37.3 Å². The molecule has 0 fully saturated rings. The van der Waals surface area contributed by atoms with Gasteiger partial charge in [0.15, 0.2) is 12.2 Å². The lowest BCUT2D eigenvalue weighted by atomic mass is 10.1. The molecular formula is C83H136O17P2. The Hall–Kier alpha value is -5.32. The number of esters is 4. The van der Waals surface area contributed by atoms with Gasteiger partial charge in [-0.25, -0.2) is 9.13 Å². The molecule has 19 heteroatoms. The summed E-state index contributed by atoms with van der Waals surface area (Å²) in [5, 5.41) is 10.6. The molecule has 3 N–H and O–H groups in total. The molecule has 0 spiro atoms. The van der Waals surface area contributed by atoms with Gasteiger partial charge in [0.1, 0.15) is 19.3 Å². The third-order valence-electron chi connectivity index (χ3n) is 15.5. The number of phosphoric ester groups is 2. The summed E-state index contributed by atoms with van der Waals surface area (Å²) in [7, 11) is -10.0. The number of aliphatic hydroxyl groups excluding tert-OH is 1. The van der Waals surface area contributed by atoms with E-state index in [4.69, 9.17) is 37.0 Å². The Morgan fingerprint density at radius 3 is 0.912 bits per heavy atom. The first-order chi connectivity index (χ1) is 49.7. The minimum Gasteiger partial charge on any atom is -0.462 e. The number of hydrogen-bond donors (Lipinski definition) is 3. The molecule has 580 valence electrons. The van der Waals surface area contributed by atoms with Crippen molar-refractivity contribution in [2.75, 3.05) is 39.6 Å². The van der Waals surface area contributed by atoms with Crippen LogP contribution in [0.25, 0.3) is 0 Å². The first kappa shape index (κ1) is 96.7. The van der Waals surface area contributed by atoms with Crippen LogP contribution in [0.1, 0.15) is 285 Å². The molecule has 0 aliphatic rings. The average molecular weight is 1470 g/mol. The number of hydrogen-bond acceptors (Lipinski definition) is 15. The number of carbonyl (C=O) groups excluding carboxylic acids is 4. The Morgan fingerprint density at radius 2 is 0.549 bits per heavy atom. The van der Waals surface area contributed by atoms with Crippen molar-refractivity contribution in [1.82, 2.24) is 0 Å². The van der Waals surface area contributed by atoms with Crippen LogP contribution >= 0.6 is 15.6 Å². The number of unbranched alkanes of at least 4 members (excludes halogenated alkanes) is 19. The fourth-order valence-electron chi connectivity index (χ4n) is 9.61. The van der Waals surface area contributed by atoms with Gasteiger partial charge in [-0.1, -0.05) is 269 Å². The Labute approximate surface area is 617 Å². The predicted molar refractivity (Wildman–Crippen MR) is 417 cm³/mol. The van der Waals surface area contributed by atoms with Crippen molar-refractivity contribution in [1.29, 1.82) is 0 Å². The minimum atomic E-state index is -5.00. The third-order valence-corrected chi connectivity index (χ3v) is 17.4. The first-order valence-electron chi connectivity index (χ1n) is 38.7. The van der Waals surface area contributed by atoms with Gasteiger partial charge in [0.25, 0.3) is 0 Å². The van der Waals surface area contributed by atoms with Gasteiger partial charge in [0, 0.05) is 25.7 Å². The highest BCUT2D eigenvalue weighted by molar-refractivity contribution is 7.47. The molecule has 0 rings (SSSR count). The quantitative estimate of drug-likeness (QED) is 0.0169. The maximum atomic E-state index is 13.1. The van der Waals surface area contributed by atoms with E-state index >= 15 is 0 Å². The van der Waals surface area contributed by atoms with Gasteiger partial charge in [0.05, 0.1) is 26.4 Å². The second kappa shape index (κ2) is 74.0. The fraction of sp³-hybridized carbons (Fsp3) is 0.639. The Morgan fingerprint density at radius 1 is 0.284 bits per heavy atom. The van der Waals surface area contributed by atoms with E-state index in [1.54, 1.807) is 0 Å². The van der Waals surface area contributed by atoms with Crippen LogP contribution < -0.4 is 0 Å². The highest BCUT2D eigenvalue weighted by atomic mass is 31.2. The summed E-state index contributed by atoms with van der Waals surface area (Å²) >= 11 is 0. The molecule has 102 heavy (non-hydrogen) atoms. The molecule has 0 aliphatic carbocycles. The zero-order chi connectivity index (χ0) is 74.6. The number of carbonyl (C=O) groups is 4. The Balaban J connectivity index is 5.46. The minimum absolute atomic E-state index is 0.0293. The summed E-state index contributed by atoms with van der Waals surface area (Å²) in [4.78, 5) is 72.8. The van der Waals surface area contributed by atoms with Crippen LogP contribution in [0, 0.1) is 0 Å². The van der Waals surface area contributed by atoms with E-state index in [1.807, 2.05) is 30.4 Å². The standard InChI is InChI=1S/C83H136O17P2/c1-5-9-13-17-21-25-29-32-35-37-38-40-43-45-49-52-56-60-64-68-81(86)94-74-79(100-83(88)70-66-62-58-54-50-46-41-34-31-27-23-19-15-11-7-3)76-98-102(91,92)96-72-77(84)71-95-101(89,90)97-75-78(99-82(87)69-65-61-57-53-47-28-24-20-16-12-8-4)73-93-80(85)67-63-59-55-51-48-44-42-39-36-33-30-26-22-18-14-10-6-2/h9-10,13-14,20-22,24-26,32-36,38,40-42,44-45,49,51,55-56,60,77-79,84H,5-8,11-12,15-19,23,27-31,37,39,43,46-48,50,52-54,57-59,61-76H2,1-4H3,(H,89,90)(H,91,92)/b13-9-,14-10-,24-20-,25-21-,26-22-,35-32-,36-33-,40-38-,41-34-,44-42-,49-45-,55-51-,60-56-. The lowest BCUT2D eigenvalue weighted by Crippen LogP contribution is -2.30. The monoisotopic (exact) mass is 1470 g/mol. The molecule has 0 radical (unpaired) electrons. The van der Waals surface area contributed by atoms with Gasteiger partial charge < -0.3 is 33.8 Å². The summed E-state index contributed by atoms with van der Waals surface area (Å²) < 4.78 is 68.3. The summed E-state index contributed by atoms with van der Waals surface area (Å²) in [5.41, 5.74) is 0. The number of phosphoric acid groups is 2. The van der Waals surface area contributed by atoms with Crippen molar-refractivity contribution < 1.29 is 80.2 Å². The van der Waals surface area contributed by atoms with E-state index in [1.165, 1.54) is 51.4 Å². The zero-order valence-corrected chi connectivity index (χ0v) is 65.0. The predicted octanol–water partition coefficient (Wildman–Crippen LogP) is 22.4. The van der Waals surface area contributed by atoms with Gasteiger partial charge in [-0.05, 0) is 148 Å². The molecule has 0 saturated carbocycles. The smallest absolute Gasteiger partial charge is 0.462 e. The topological polar surface area (TPSA) is 237 Å². The molecule has 0 saturated heterocycles. The summed E-state index contributed by atoms with van der Waals surface area (Å²) in [6, 6.07) is 0. The van der Waals surface area contributed by atoms with E-state index < -0.39 is 97.5 Å². The van der Waals surface area contributed by atoms with Crippen LogP contribution in [-0.2, 0) is 65.4 Å². The lowest BCUT2D eigenvalue weighted by molar-refractivity contribution is -0.161. The second-order valence-electron chi connectivity index (χ2n) is 25.2. The molecule has 5 atom stereocenters. The number of allylic oxidation sites excluding steroid dienone is 26. The SMILES string of the molecule is CC/C=C\C/C=C\C/C=C\C/C=C\C/C=C\C/C=C\CCC(=O)OCC(COP(=O)(O)OCC(O)COP(=O)(O)OCC(COC(=O)CCC/C=C\C/C=C\C/C=C\C/C=C\C/C=C\CC)OC(=O)CCCCCCC/C=C\CCCC)OC(=O)CCCCCCC/C=C\CCCCCCCC. The van der Waals surface area contributed by atoms with E-state index in [0.29, 0.717) is 38.5 Å². The Kier molecular flexibility index (Phi) is 70.1. The number of ether oxygens (including phenoxy) is 4. The molecule has 0 aromatic heterocycles. The molecule has 0 heterocycles. The van der Waals surface area contributed by atoms with Crippen molar-refractivity contribution in [3.8, 4) is 0 Å². The van der Waals surface area contributed by atoms with Crippen molar-refractivity contribution in [3.05, 3.63) is 158 Å². The molecule has 0 bridgehead atoms. The normalized spacial score (nSPS) is 14.8. The number of rotatable bonds is 71. The number of aliphatic hydroxyl groups is 1. The van der Waals surface area contributed by atoms with Gasteiger partial charge in [-0.15, -0.1) is 0 Å². The van der Waals surface area contributed by atoms with E-state index in [2.05, 4.69) is 155 Å². The molecule has 5 unspecified atom stereocenters. The first-order valence-corrected chi connectivity index (χ1v) is 41.7. The molecule has 17 nitrogen and oxygen atoms in total. The largest absolute Gasteiger partial charge is 0.472 e. The fourth-order valence-corrected chi connectivity index (χ4v) is 11.2. The lowest BCUT2D eigenvalue weighted by Gasteiger charge is -2.21. The van der Waals surface area contributed by atoms with Gasteiger partial charge in [-0.2, -0.15) is 0 Å².